The van der Waals surface area contributed by atoms with Crippen LogP contribution in [0.25, 0.3) is 0 Å². The van der Waals surface area contributed by atoms with Crippen molar-refractivity contribution in [2.45, 2.75) is 27.2 Å². The fourth-order valence-corrected chi connectivity index (χ4v) is 1.36. The minimum absolute atomic E-state index is 0.0340. The minimum atomic E-state index is -3.18. The van der Waals surface area contributed by atoms with Crippen molar-refractivity contribution in [2.24, 2.45) is 5.92 Å². The summed E-state index contributed by atoms with van der Waals surface area (Å²) in [6, 6.07) is 0. The molecule has 0 heterocycles. The topological polar surface area (TPSA) is 72.5 Å². The Bertz CT molecular complexity index is 286. The van der Waals surface area contributed by atoms with Gasteiger partial charge in [-0.15, -0.1) is 0 Å². The van der Waals surface area contributed by atoms with Gasteiger partial charge >= 0.3 is 5.97 Å². The summed E-state index contributed by atoms with van der Waals surface area (Å²) in [5, 5.41) is 0. The first-order valence-electron chi connectivity index (χ1n) is 5.07. The van der Waals surface area contributed by atoms with Crippen LogP contribution in [0, 0.1) is 5.92 Å². The zero-order chi connectivity index (χ0) is 11.9. The van der Waals surface area contributed by atoms with E-state index in [1.165, 1.54) is 0 Å². The second kappa shape index (κ2) is 6.79. The molecule has 0 aromatic carbocycles. The van der Waals surface area contributed by atoms with Crippen LogP contribution >= 0.6 is 0 Å². The Balaban J connectivity index is 3.68. The van der Waals surface area contributed by atoms with Crippen molar-refractivity contribution in [1.29, 1.82) is 0 Å². The van der Waals surface area contributed by atoms with E-state index in [0.29, 0.717) is 0 Å². The highest BCUT2D eigenvalue weighted by Gasteiger charge is 2.12. The van der Waals surface area contributed by atoms with Gasteiger partial charge in [-0.05, 0) is 13.3 Å². The van der Waals surface area contributed by atoms with Crippen LogP contribution in [0.3, 0.4) is 0 Å². The van der Waals surface area contributed by atoms with Crippen molar-refractivity contribution >= 4 is 16.0 Å². The number of rotatable bonds is 7. The molecule has 0 aromatic heterocycles. The second-order valence-electron chi connectivity index (χ2n) is 3.27. The molecule has 0 fully saturated rings. The molecule has 1 unspecified atom stereocenters. The highest BCUT2D eigenvalue weighted by atomic mass is 32.2. The maximum atomic E-state index is 11.2. The van der Waals surface area contributed by atoms with Gasteiger partial charge in [0.15, 0.2) is 0 Å². The van der Waals surface area contributed by atoms with Gasteiger partial charge in [0.1, 0.15) is 6.61 Å². The van der Waals surface area contributed by atoms with E-state index in [9.17, 15) is 13.2 Å². The van der Waals surface area contributed by atoms with Crippen LogP contribution < -0.4 is 4.72 Å². The Morgan fingerprint density at radius 1 is 1.40 bits per heavy atom. The number of nitrogens with one attached hydrogen (secondary N) is 1. The Kier molecular flexibility index (Phi) is 6.51. The van der Waals surface area contributed by atoms with Crippen molar-refractivity contribution in [3.05, 3.63) is 0 Å². The van der Waals surface area contributed by atoms with E-state index >= 15 is 0 Å². The van der Waals surface area contributed by atoms with E-state index in [4.69, 9.17) is 4.74 Å². The molecule has 0 bridgehead atoms. The summed E-state index contributed by atoms with van der Waals surface area (Å²) >= 11 is 0. The first kappa shape index (κ1) is 14.4. The fourth-order valence-electron chi connectivity index (χ4n) is 0.760. The lowest BCUT2D eigenvalue weighted by Crippen LogP contribution is -2.30. The summed E-state index contributed by atoms with van der Waals surface area (Å²) in [7, 11) is -3.18. The Hall–Kier alpha value is -0.620. The van der Waals surface area contributed by atoms with Gasteiger partial charge in [-0.1, -0.05) is 13.8 Å². The fraction of sp³-hybridized carbons (Fsp3) is 0.889. The summed E-state index contributed by atoms with van der Waals surface area (Å²) in [6.07, 6.45) is 0.722. The first-order chi connectivity index (χ1) is 6.93. The average Bonchev–Trinajstić information content (AvgIpc) is 2.22. The van der Waals surface area contributed by atoms with E-state index in [-0.39, 0.29) is 30.8 Å². The quantitative estimate of drug-likeness (QED) is 0.517. The van der Waals surface area contributed by atoms with Crippen molar-refractivity contribution < 1.29 is 17.9 Å². The number of ether oxygens (including phenoxy) is 1. The zero-order valence-electron chi connectivity index (χ0n) is 9.45. The van der Waals surface area contributed by atoms with Crippen LogP contribution in [-0.2, 0) is 19.6 Å². The molecule has 0 aliphatic rings. The third kappa shape index (κ3) is 6.46. The molecular formula is C9H19NO4S. The summed E-state index contributed by atoms with van der Waals surface area (Å²) in [5.74, 6) is -0.382. The summed E-state index contributed by atoms with van der Waals surface area (Å²) in [5.41, 5.74) is 0. The van der Waals surface area contributed by atoms with E-state index in [1.807, 2.05) is 6.92 Å². The molecule has 0 aliphatic carbocycles. The first-order valence-corrected chi connectivity index (χ1v) is 6.72. The van der Waals surface area contributed by atoms with E-state index in [1.54, 1.807) is 13.8 Å². The van der Waals surface area contributed by atoms with Gasteiger partial charge in [0.05, 0.1) is 11.7 Å². The lowest BCUT2D eigenvalue weighted by Gasteiger charge is -2.09. The van der Waals surface area contributed by atoms with E-state index in [2.05, 4.69) is 4.72 Å². The van der Waals surface area contributed by atoms with E-state index < -0.39 is 10.0 Å². The van der Waals surface area contributed by atoms with Crippen molar-refractivity contribution in [2.75, 3.05) is 18.9 Å². The number of carbonyl (C=O) groups excluding carboxylic acids is 1. The summed E-state index contributed by atoms with van der Waals surface area (Å²) in [4.78, 5) is 11.2. The van der Waals surface area contributed by atoms with Crippen LogP contribution in [-0.4, -0.2) is 33.3 Å². The maximum absolute atomic E-state index is 11.2. The van der Waals surface area contributed by atoms with Gasteiger partial charge in [-0.2, -0.15) is 0 Å². The standard InChI is InChI=1S/C9H19NO4S/c1-4-8(3)9(11)14-7-6-10-15(12,13)5-2/h8,10H,4-7H2,1-3H3. The van der Waals surface area contributed by atoms with Gasteiger partial charge in [0.25, 0.3) is 0 Å². The molecule has 0 aliphatic heterocycles. The molecule has 0 rings (SSSR count). The molecule has 0 saturated carbocycles. The normalized spacial score (nSPS) is 13.5. The van der Waals surface area contributed by atoms with Gasteiger partial charge < -0.3 is 4.74 Å². The molecule has 0 spiro atoms. The number of hydrogen-bond acceptors (Lipinski definition) is 4. The highest BCUT2D eigenvalue weighted by Crippen LogP contribution is 2.02. The Morgan fingerprint density at radius 2 is 2.00 bits per heavy atom. The third-order valence-electron chi connectivity index (χ3n) is 2.06. The second-order valence-corrected chi connectivity index (χ2v) is 5.37. The van der Waals surface area contributed by atoms with Crippen molar-refractivity contribution in [3.63, 3.8) is 0 Å². The average molecular weight is 237 g/mol. The lowest BCUT2D eigenvalue weighted by molar-refractivity contribution is -0.147. The molecule has 0 aromatic rings. The minimum Gasteiger partial charge on any atom is -0.464 e. The van der Waals surface area contributed by atoms with Crippen LogP contribution in [0.5, 0.6) is 0 Å². The molecule has 0 saturated heterocycles. The van der Waals surface area contributed by atoms with E-state index in [0.717, 1.165) is 6.42 Å². The number of carbonyl (C=O) groups is 1. The number of esters is 1. The molecule has 6 heteroatoms. The molecule has 15 heavy (non-hydrogen) atoms. The number of sulfonamides is 1. The van der Waals surface area contributed by atoms with Crippen molar-refractivity contribution in [1.82, 2.24) is 4.72 Å². The molecule has 0 amide bonds. The van der Waals surface area contributed by atoms with Crippen LogP contribution in [0.4, 0.5) is 0 Å². The third-order valence-corrected chi connectivity index (χ3v) is 3.47. The molecule has 1 atom stereocenters. The van der Waals surface area contributed by atoms with Gasteiger partial charge in [0.2, 0.25) is 10.0 Å². The predicted molar refractivity (Wildman–Crippen MR) is 57.9 cm³/mol. The van der Waals surface area contributed by atoms with Crippen LogP contribution in [0.2, 0.25) is 0 Å². The van der Waals surface area contributed by atoms with Crippen molar-refractivity contribution in [3.8, 4) is 0 Å². The van der Waals surface area contributed by atoms with Gasteiger partial charge in [-0.3, -0.25) is 4.79 Å². The molecule has 5 nitrogen and oxygen atoms in total. The monoisotopic (exact) mass is 237 g/mol. The van der Waals surface area contributed by atoms with Gasteiger partial charge in [0, 0.05) is 6.54 Å². The summed E-state index contributed by atoms with van der Waals surface area (Å²) < 4.78 is 29.1. The van der Waals surface area contributed by atoms with Crippen LogP contribution in [0.15, 0.2) is 0 Å². The molecule has 1 N–H and O–H groups in total. The predicted octanol–water partition coefficient (Wildman–Crippen LogP) is 0.515. The maximum Gasteiger partial charge on any atom is 0.308 e. The van der Waals surface area contributed by atoms with Gasteiger partial charge in [-0.25, -0.2) is 13.1 Å². The summed E-state index contributed by atoms with van der Waals surface area (Å²) in [6.45, 7) is 5.44. The zero-order valence-corrected chi connectivity index (χ0v) is 10.3. The Labute approximate surface area is 91.2 Å². The smallest absolute Gasteiger partial charge is 0.308 e. The van der Waals surface area contributed by atoms with Crippen LogP contribution in [0.1, 0.15) is 27.2 Å². The molecular weight excluding hydrogens is 218 g/mol. The highest BCUT2D eigenvalue weighted by molar-refractivity contribution is 7.89. The molecule has 0 radical (unpaired) electrons. The molecule has 90 valence electrons. The largest absolute Gasteiger partial charge is 0.464 e. The Morgan fingerprint density at radius 3 is 2.47 bits per heavy atom. The lowest BCUT2D eigenvalue weighted by atomic mass is 10.1. The number of hydrogen-bond donors (Lipinski definition) is 1. The SMILES string of the molecule is CCC(C)C(=O)OCCNS(=O)(=O)CC.